The molecular weight excluding hydrogens is 589 g/mol. The monoisotopic (exact) mass is 632 g/mol. The number of nitrogens with zero attached hydrogens (tertiary/aromatic N) is 4. The number of aromatic amines is 1. The Balaban J connectivity index is 1.75. The third-order valence-electron chi connectivity index (χ3n) is 6.70. The number of carbonyl (C=O) groups excluding carboxylic acids is 2. The second-order valence-corrected chi connectivity index (χ2v) is 13.8. The largest absolute Gasteiger partial charge is 0.466 e. The molecule has 0 spiro atoms. The quantitative estimate of drug-likeness (QED) is 0.0508. The summed E-state index contributed by atoms with van der Waals surface area (Å²) < 4.78 is 6.98. The molecule has 0 bridgehead atoms. The number of ether oxygens (including phenoxy) is 1. The minimum atomic E-state index is -0.528. The number of unbranched alkanes of at least 4 members (excludes halogenated alkanes) is 5. The molecule has 3 aromatic rings. The molecule has 0 aliphatic carbocycles. The maximum Gasteiger partial charge on any atom is 0.306 e. The standard InChI is InChI=1S/C30H44N6O5S2/c1-6-8-9-10-11-12-15-41-24(37)13-16-43-25-26(30(3,4)5)33-35-28(25)32-27(34-35)21-18-22(20-23(19-21)36(39)40)29(38)31-14-17-42-7-2/h18-20,33H,6-17H2,1-5H3,(H,31,38). The normalized spacial score (nSPS) is 11.7. The van der Waals surface area contributed by atoms with E-state index in [4.69, 9.17) is 9.72 Å². The second kappa shape index (κ2) is 16.7. The summed E-state index contributed by atoms with van der Waals surface area (Å²) in [5.74, 6) is 1.85. The molecule has 0 fully saturated rings. The molecule has 0 aliphatic heterocycles. The number of H-pyrrole nitrogens is 1. The molecular formula is C30H44N6O5S2. The summed E-state index contributed by atoms with van der Waals surface area (Å²) in [5.41, 5.74) is 1.55. The van der Waals surface area contributed by atoms with Crippen LogP contribution in [0, 0.1) is 10.1 Å². The molecule has 2 N–H and O–H groups in total. The van der Waals surface area contributed by atoms with Gasteiger partial charge in [0.2, 0.25) is 0 Å². The van der Waals surface area contributed by atoms with Gasteiger partial charge < -0.3 is 10.1 Å². The average Bonchev–Trinajstić information content (AvgIpc) is 3.54. The van der Waals surface area contributed by atoms with Crippen molar-refractivity contribution < 1.29 is 19.2 Å². The summed E-state index contributed by atoms with van der Waals surface area (Å²) in [5, 5.41) is 22.4. The number of nitro benzene ring substituents is 1. The minimum Gasteiger partial charge on any atom is -0.466 e. The SMILES string of the molecule is CCCCCCCCOC(=O)CCSc1c(C(C)(C)C)[nH]n2nc(-c3cc(C(=O)NCCSCC)cc([N+](=O)[O-])c3)nc12. The van der Waals surface area contributed by atoms with Gasteiger partial charge in [0.25, 0.3) is 11.6 Å². The lowest BCUT2D eigenvalue weighted by atomic mass is 9.92. The first-order chi connectivity index (χ1) is 20.5. The van der Waals surface area contributed by atoms with Crippen LogP contribution in [0.5, 0.6) is 0 Å². The van der Waals surface area contributed by atoms with Crippen LogP contribution >= 0.6 is 23.5 Å². The number of hydrogen-bond donors (Lipinski definition) is 2. The summed E-state index contributed by atoms with van der Waals surface area (Å²) in [6.45, 7) is 11.4. The van der Waals surface area contributed by atoms with E-state index in [0.717, 1.165) is 34.9 Å². The molecule has 0 atom stereocenters. The Morgan fingerprint density at radius 1 is 1.09 bits per heavy atom. The molecule has 236 valence electrons. The van der Waals surface area contributed by atoms with E-state index in [9.17, 15) is 19.7 Å². The van der Waals surface area contributed by atoms with Crippen LogP contribution in [0.25, 0.3) is 17.0 Å². The van der Waals surface area contributed by atoms with E-state index in [1.807, 2.05) is 6.92 Å². The number of rotatable bonds is 18. The van der Waals surface area contributed by atoms with E-state index in [0.29, 0.717) is 30.1 Å². The summed E-state index contributed by atoms with van der Waals surface area (Å²) in [4.78, 5) is 41.8. The van der Waals surface area contributed by atoms with Gasteiger partial charge in [-0.05, 0) is 18.2 Å². The molecule has 0 saturated heterocycles. The zero-order valence-electron chi connectivity index (χ0n) is 25.9. The highest BCUT2D eigenvalue weighted by Gasteiger charge is 2.27. The van der Waals surface area contributed by atoms with Crippen LogP contribution in [0.2, 0.25) is 0 Å². The van der Waals surface area contributed by atoms with Crippen LogP contribution < -0.4 is 5.32 Å². The molecule has 2 heterocycles. The molecule has 11 nitrogen and oxygen atoms in total. The Kier molecular flexibility index (Phi) is 13.4. The first kappa shape index (κ1) is 34.4. The number of nitro groups is 1. The van der Waals surface area contributed by atoms with E-state index in [2.05, 4.69) is 43.2 Å². The van der Waals surface area contributed by atoms with Crippen molar-refractivity contribution in [2.45, 2.75) is 89.9 Å². The van der Waals surface area contributed by atoms with Gasteiger partial charge in [-0.15, -0.1) is 16.9 Å². The third-order valence-corrected chi connectivity index (χ3v) is 8.69. The van der Waals surface area contributed by atoms with Crippen LogP contribution in [0.15, 0.2) is 23.1 Å². The van der Waals surface area contributed by atoms with Gasteiger partial charge in [0.1, 0.15) is 0 Å². The Morgan fingerprint density at radius 3 is 2.53 bits per heavy atom. The van der Waals surface area contributed by atoms with Crippen LogP contribution in [0.3, 0.4) is 0 Å². The van der Waals surface area contributed by atoms with Gasteiger partial charge in [-0.25, -0.2) is 4.98 Å². The molecule has 2 aromatic heterocycles. The first-order valence-corrected chi connectivity index (χ1v) is 17.1. The van der Waals surface area contributed by atoms with E-state index in [1.54, 1.807) is 22.5 Å². The van der Waals surface area contributed by atoms with Gasteiger partial charge in [0.15, 0.2) is 11.5 Å². The predicted molar refractivity (Wildman–Crippen MR) is 173 cm³/mol. The molecule has 0 saturated carbocycles. The first-order valence-electron chi connectivity index (χ1n) is 15.0. The van der Waals surface area contributed by atoms with Crippen molar-refractivity contribution in [3.05, 3.63) is 39.6 Å². The Morgan fingerprint density at radius 2 is 1.84 bits per heavy atom. The number of thioether (sulfide) groups is 2. The molecule has 43 heavy (non-hydrogen) atoms. The molecule has 0 unspecified atom stereocenters. The lowest BCUT2D eigenvalue weighted by Crippen LogP contribution is -2.25. The number of aromatic nitrogens is 4. The van der Waals surface area contributed by atoms with Crippen LogP contribution in [-0.2, 0) is 14.9 Å². The van der Waals surface area contributed by atoms with E-state index < -0.39 is 4.92 Å². The highest BCUT2D eigenvalue weighted by molar-refractivity contribution is 7.99. The van der Waals surface area contributed by atoms with Gasteiger partial charge in [-0.1, -0.05) is 66.7 Å². The number of amides is 1. The number of nitrogens with one attached hydrogen (secondary N) is 2. The molecule has 13 heteroatoms. The van der Waals surface area contributed by atoms with Crippen molar-refractivity contribution >= 4 is 46.7 Å². The number of benzene rings is 1. The summed E-state index contributed by atoms with van der Waals surface area (Å²) in [7, 11) is 0. The van der Waals surface area contributed by atoms with Crippen molar-refractivity contribution in [3.63, 3.8) is 0 Å². The van der Waals surface area contributed by atoms with Crippen molar-refractivity contribution in [1.29, 1.82) is 0 Å². The molecule has 1 aromatic carbocycles. The van der Waals surface area contributed by atoms with Gasteiger partial charge in [-0.3, -0.25) is 24.8 Å². The van der Waals surface area contributed by atoms with E-state index >= 15 is 0 Å². The zero-order valence-corrected chi connectivity index (χ0v) is 27.5. The summed E-state index contributed by atoms with van der Waals surface area (Å²) in [6, 6.07) is 4.20. The van der Waals surface area contributed by atoms with Crippen molar-refractivity contribution in [3.8, 4) is 11.4 Å². The highest BCUT2D eigenvalue weighted by atomic mass is 32.2. The summed E-state index contributed by atoms with van der Waals surface area (Å²) in [6.07, 6.45) is 7.07. The maximum absolute atomic E-state index is 12.8. The topological polar surface area (TPSA) is 145 Å². The second-order valence-electron chi connectivity index (χ2n) is 11.3. The smallest absolute Gasteiger partial charge is 0.306 e. The number of carbonyl (C=O) groups is 2. The Hall–Kier alpha value is -3.06. The number of non-ortho nitro benzene ring substituents is 1. The van der Waals surface area contributed by atoms with Crippen molar-refractivity contribution in [2.24, 2.45) is 0 Å². The maximum atomic E-state index is 12.8. The fourth-order valence-corrected chi connectivity index (χ4v) is 6.18. The van der Waals surface area contributed by atoms with Crippen LogP contribution in [-0.4, -0.2) is 67.0 Å². The average molecular weight is 633 g/mol. The predicted octanol–water partition coefficient (Wildman–Crippen LogP) is 6.80. The van der Waals surface area contributed by atoms with Gasteiger partial charge in [0, 0.05) is 46.7 Å². The highest BCUT2D eigenvalue weighted by Crippen LogP contribution is 2.36. The molecule has 0 aliphatic rings. The lowest BCUT2D eigenvalue weighted by Gasteiger charge is -2.18. The Labute approximate surface area is 261 Å². The van der Waals surface area contributed by atoms with Crippen LogP contribution in [0.1, 0.15) is 95.6 Å². The minimum absolute atomic E-state index is 0.175. The summed E-state index contributed by atoms with van der Waals surface area (Å²) >= 11 is 3.20. The Bertz CT molecular complexity index is 1380. The molecule has 0 radical (unpaired) electrons. The lowest BCUT2D eigenvalue weighted by molar-refractivity contribution is -0.384. The zero-order chi connectivity index (χ0) is 31.4. The van der Waals surface area contributed by atoms with Crippen molar-refractivity contribution in [2.75, 3.05) is 30.4 Å². The van der Waals surface area contributed by atoms with Gasteiger partial charge in [-0.2, -0.15) is 16.4 Å². The van der Waals surface area contributed by atoms with Gasteiger partial charge in [0.05, 0.1) is 28.5 Å². The molecule has 3 rings (SSSR count). The molecule has 1 amide bonds. The third kappa shape index (κ3) is 10.3. The van der Waals surface area contributed by atoms with Gasteiger partial charge >= 0.3 is 5.97 Å². The van der Waals surface area contributed by atoms with Crippen LogP contribution in [0.4, 0.5) is 5.69 Å². The van der Waals surface area contributed by atoms with Crippen molar-refractivity contribution in [1.82, 2.24) is 25.1 Å². The number of hydrogen-bond acceptors (Lipinski definition) is 9. The number of fused-ring (bicyclic) bond motifs is 1. The number of esters is 1. The fourth-order valence-electron chi connectivity index (χ4n) is 4.41. The van der Waals surface area contributed by atoms with E-state index in [-0.39, 0.29) is 40.8 Å². The fraction of sp³-hybridized carbons (Fsp3) is 0.600. The van der Waals surface area contributed by atoms with E-state index in [1.165, 1.54) is 49.6 Å².